The van der Waals surface area contributed by atoms with Gasteiger partial charge in [-0.05, 0) is 43.7 Å². The second-order valence-electron chi connectivity index (χ2n) is 4.99. The minimum Gasteiger partial charge on any atom is -0.368 e. The monoisotopic (exact) mass is 332 g/mol. The van der Waals surface area contributed by atoms with Gasteiger partial charge in [0.25, 0.3) is 0 Å². The number of nitrogens with two attached hydrogens (primary N) is 1. The summed E-state index contributed by atoms with van der Waals surface area (Å²) < 4.78 is 0.910. The van der Waals surface area contributed by atoms with Gasteiger partial charge in [-0.25, -0.2) is 0 Å². The van der Waals surface area contributed by atoms with Crippen LogP contribution in [0.15, 0.2) is 53.0 Å². The van der Waals surface area contributed by atoms with Gasteiger partial charge in [-0.3, -0.25) is 4.79 Å². The Kier molecular flexibility index (Phi) is 4.14. The molecule has 2 aromatic carbocycles. The Labute approximate surface area is 127 Å². The van der Waals surface area contributed by atoms with E-state index in [1.807, 2.05) is 55.5 Å². The number of primary amides is 1. The Balaban J connectivity index is 2.39. The number of benzene rings is 2. The van der Waals surface area contributed by atoms with E-state index in [-0.39, 0.29) is 0 Å². The Morgan fingerprint density at radius 2 is 1.85 bits per heavy atom. The molecule has 0 spiro atoms. The van der Waals surface area contributed by atoms with Crippen LogP contribution in [0, 0.1) is 6.92 Å². The topological polar surface area (TPSA) is 55.1 Å². The quantitative estimate of drug-likeness (QED) is 0.899. The summed E-state index contributed by atoms with van der Waals surface area (Å²) in [6, 6.07) is 15.4. The van der Waals surface area contributed by atoms with Crippen molar-refractivity contribution >= 4 is 27.5 Å². The number of anilines is 1. The molecule has 0 aliphatic rings. The van der Waals surface area contributed by atoms with E-state index < -0.39 is 11.4 Å². The number of carbonyl (C=O) groups excluding carboxylic acids is 1. The van der Waals surface area contributed by atoms with E-state index in [0.717, 1.165) is 15.7 Å². The average Bonchev–Trinajstić information content (AvgIpc) is 2.41. The fourth-order valence-electron chi connectivity index (χ4n) is 2.00. The summed E-state index contributed by atoms with van der Waals surface area (Å²) in [7, 11) is 0. The van der Waals surface area contributed by atoms with Gasteiger partial charge in [-0.2, -0.15) is 0 Å². The first-order valence-electron chi connectivity index (χ1n) is 6.32. The third-order valence-electron chi connectivity index (χ3n) is 3.34. The van der Waals surface area contributed by atoms with Crippen molar-refractivity contribution in [2.24, 2.45) is 5.73 Å². The van der Waals surface area contributed by atoms with Crippen molar-refractivity contribution in [2.75, 3.05) is 5.32 Å². The van der Waals surface area contributed by atoms with Crippen molar-refractivity contribution in [3.63, 3.8) is 0 Å². The van der Waals surface area contributed by atoms with Gasteiger partial charge in [0.15, 0.2) is 0 Å². The number of aryl methyl sites for hydroxylation is 1. The number of amides is 1. The number of hydrogen-bond donors (Lipinski definition) is 2. The zero-order valence-corrected chi connectivity index (χ0v) is 13.1. The lowest BCUT2D eigenvalue weighted by atomic mass is 9.91. The molecule has 0 heterocycles. The average molecular weight is 333 g/mol. The first-order valence-corrected chi connectivity index (χ1v) is 7.12. The highest BCUT2D eigenvalue weighted by Crippen LogP contribution is 2.28. The fraction of sp³-hybridized carbons (Fsp3) is 0.188. The minimum absolute atomic E-state index is 0.420. The zero-order chi connectivity index (χ0) is 14.8. The van der Waals surface area contributed by atoms with Crippen molar-refractivity contribution in [1.82, 2.24) is 0 Å². The maximum atomic E-state index is 11.9. The van der Waals surface area contributed by atoms with E-state index in [9.17, 15) is 4.79 Å². The fourth-order valence-corrected chi connectivity index (χ4v) is 2.40. The van der Waals surface area contributed by atoms with Crippen molar-refractivity contribution in [3.05, 3.63) is 64.1 Å². The van der Waals surface area contributed by atoms with Crippen LogP contribution in [-0.4, -0.2) is 5.91 Å². The van der Waals surface area contributed by atoms with Crippen LogP contribution in [-0.2, 0) is 10.3 Å². The second-order valence-corrected chi connectivity index (χ2v) is 5.91. The van der Waals surface area contributed by atoms with Gasteiger partial charge in [0, 0.05) is 10.2 Å². The highest BCUT2D eigenvalue weighted by Gasteiger charge is 2.33. The number of halogens is 1. The van der Waals surface area contributed by atoms with Crippen LogP contribution in [0.3, 0.4) is 0 Å². The van der Waals surface area contributed by atoms with Gasteiger partial charge in [0.05, 0.1) is 0 Å². The SMILES string of the molecule is Cc1ccc(NC(C)(C(N)=O)c2cccc(Br)c2)cc1. The molecule has 1 amide bonds. The summed E-state index contributed by atoms with van der Waals surface area (Å²) in [5.74, 6) is -0.420. The van der Waals surface area contributed by atoms with E-state index in [0.29, 0.717) is 0 Å². The molecule has 104 valence electrons. The first-order chi connectivity index (χ1) is 9.41. The van der Waals surface area contributed by atoms with Crippen LogP contribution in [0.2, 0.25) is 0 Å². The van der Waals surface area contributed by atoms with E-state index in [4.69, 9.17) is 5.73 Å². The molecule has 0 aliphatic heterocycles. The van der Waals surface area contributed by atoms with Gasteiger partial charge in [0.2, 0.25) is 5.91 Å². The number of hydrogen-bond acceptors (Lipinski definition) is 2. The predicted octanol–water partition coefficient (Wildman–Crippen LogP) is 3.57. The van der Waals surface area contributed by atoms with Crippen LogP contribution in [0.5, 0.6) is 0 Å². The molecule has 1 unspecified atom stereocenters. The third kappa shape index (κ3) is 3.02. The summed E-state index contributed by atoms with van der Waals surface area (Å²) in [5.41, 5.74) is 7.50. The van der Waals surface area contributed by atoms with Crippen LogP contribution in [0.4, 0.5) is 5.69 Å². The summed E-state index contributed by atoms with van der Waals surface area (Å²) in [6.07, 6.45) is 0. The predicted molar refractivity (Wildman–Crippen MR) is 85.5 cm³/mol. The molecule has 2 rings (SSSR count). The van der Waals surface area contributed by atoms with Crippen molar-refractivity contribution in [1.29, 1.82) is 0 Å². The number of rotatable bonds is 4. The zero-order valence-electron chi connectivity index (χ0n) is 11.5. The lowest BCUT2D eigenvalue weighted by Gasteiger charge is -2.29. The molecule has 0 bridgehead atoms. The molecule has 3 nitrogen and oxygen atoms in total. The molecular formula is C16H17BrN2O. The second kappa shape index (κ2) is 5.67. The van der Waals surface area contributed by atoms with Gasteiger partial charge in [-0.1, -0.05) is 45.8 Å². The summed E-state index contributed by atoms with van der Waals surface area (Å²) in [4.78, 5) is 11.9. The standard InChI is InChI=1S/C16H17BrN2O/c1-11-6-8-14(9-7-11)19-16(2,15(18)20)12-4-3-5-13(17)10-12/h3-10,19H,1-2H3,(H2,18,20). The smallest absolute Gasteiger partial charge is 0.247 e. The Morgan fingerprint density at radius 3 is 2.40 bits per heavy atom. The Bertz CT molecular complexity index is 625. The largest absolute Gasteiger partial charge is 0.368 e. The van der Waals surface area contributed by atoms with Crippen LogP contribution in [0.1, 0.15) is 18.1 Å². The molecular weight excluding hydrogens is 316 g/mol. The van der Waals surface area contributed by atoms with Crippen molar-refractivity contribution in [2.45, 2.75) is 19.4 Å². The van der Waals surface area contributed by atoms with E-state index in [2.05, 4.69) is 21.2 Å². The highest BCUT2D eigenvalue weighted by atomic mass is 79.9. The van der Waals surface area contributed by atoms with E-state index >= 15 is 0 Å². The first kappa shape index (κ1) is 14.6. The van der Waals surface area contributed by atoms with Crippen LogP contribution >= 0.6 is 15.9 Å². The normalized spacial score (nSPS) is 13.6. The Morgan fingerprint density at radius 1 is 1.20 bits per heavy atom. The molecule has 4 heteroatoms. The molecule has 0 radical (unpaired) electrons. The van der Waals surface area contributed by atoms with E-state index in [1.54, 1.807) is 6.92 Å². The lowest BCUT2D eigenvalue weighted by molar-refractivity contribution is -0.122. The van der Waals surface area contributed by atoms with Gasteiger partial charge >= 0.3 is 0 Å². The van der Waals surface area contributed by atoms with E-state index in [1.165, 1.54) is 5.56 Å². The van der Waals surface area contributed by atoms with Crippen LogP contribution in [0.25, 0.3) is 0 Å². The third-order valence-corrected chi connectivity index (χ3v) is 3.83. The van der Waals surface area contributed by atoms with Crippen LogP contribution < -0.4 is 11.1 Å². The lowest BCUT2D eigenvalue weighted by Crippen LogP contribution is -2.45. The highest BCUT2D eigenvalue weighted by molar-refractivity contribution is 9.10. The molecule has 0 saturated heterocycles. The molecule has 0 aliphatic carbocycles. The summed E-state index contributed by atoms with van der Waals surface area (Å²) in [6.45, 7) is 3.81. The van der Waals surface area contributed by atoms with Gasteiger partial charge in [0.1, 0.15) is 5.54 Å². The summed E-state index contributed by atoms with van der Waals surface area (Å²) in [5, 5.41) is 3.23. The van der Waals surface area contributed by atoms with Crippen molar-refractivity contribution in [3.8, 4) is 0 Å². The molecule has 0 saturated carbocycles. The molecule has 3 N–H and O–H groups in total. The number of carbonyl (C=O) groups is 1. The maximum absolute atomic E-state index is 11.9. The molecule has 0 fully saturated rings. The Hall–Kier alpha value is -1.81. The molecule has 2 aromatic rings. The van der Waals surface area contributed by atoms with Crippen molar-refractivity contribution < 1.29 is 4.79 Å². The minimum atomic E-state index is -0.959. The van der Waals surface area contributed by atoms with Gasteiger partial charge < -0.3 is 11.1 Å². The number of nitrogens with one attached hydrogen (secondary N) is 1. The summed E-state index contributed by atoms with van der Waals surface area (Å²) >= 11 is 3.42. The van der Waals surface area contributed by atoms with Gasteiger partial charge in [-0.15, -0.1) is 0 Å². The molecule has 0 aromatic heterocycles. The molecule has 1 atom stereocenters. The maximum Gasteiger partial charge on any atom is 0.247 e. The molecule has 20 heavy (non-hydrogen) atoms.